The van der Waals surface area contributed by atoms with Crippen LogP contribution in [0.3, 0.4) is 0 Å². The molecule has 1 saturated carbocycles. The molecule has 0 spiro atoms. The zero-order chi connectivity index (χ0) is 12.8. The van der Waals surface area contributed by atoms with Crippen LogP contribution in [0.4, 0.5) is 0 Å². The van der Waals surface area contributed by atoms with Crippen LogP contribution < -0.4 is 5.32 Å². The molecule has 0 saturated heterocycles. The van der Waals surface area contributed by atoms with Gasteiger partial charge in [0.05, 0.1) is 13.2 Å². The van der Waals surface area contributed by atoms with Crippen molar-refractivity contribution in [3.8, 4) is 0 Å². The zero-order valence-electron chi connectivity index (χ0n) is 10.8. The molecule has 0 radical (unpaired) electrons. The minimum atomic E-state index is 0.654. The first kappa shape index (κ1) is 13.8. The van der Waals surface area contributed by atoms with E-state index in [2.05, 4.69) is 39.4 Å². The third-order valence-corrected chi connectivity index (χ3v) is 3.74. The second-order valence-electron chi connectivity index (χ2n) is 4.67. The molecular formula is C15H20BrNO. The van der Waals surface area contributed by atoms with Crippen LogP contribution in [0.5, 0.6) is 0 Å². The van der Waals surface area contributed by atoms with Gasteiger partial charge in [0, 0.05) is 17.1 Å². The SMILES string of the molecule is C/C=C/COCc1ccc(CNC2CC2)cc1Br. The Bertz CT molecular complexity index is 413. The molecule has 0 aromatic heterocycles. The van der Waals surface area contributed by atoms with Crippen LogP contribution in [-0.4, -0.2) is 12.6 Å². The maximum absolute atomic E-state index is 5.56. The van der Waals surface area contributed by atoms with E-state index < -0.39 is 0 Å². The van der Waals surface area contributed by atoms with E-state index in [0.29, 0.717) is 13.2 Å². The van der Waals surface area contributed by atoms with Crippen molar-refractivity contribution in [3.63, 3.8) is 0 Å². The van der Waals surface area contributed by atoms with E-state index >= 15 is 0 Å². The van der Waals surface area contributed by atoms with Crippen molar-refractivity contribution in [2.75, 3.05) is 6.61 Å². The molecule has 1 fully saturated rings. The highest BCUT2D eigenvalue weighted by molar-refractivity contribution is 9.10. The van der Waals surface area contributed by atoms with Crippen molar-refractivity contribution in [3.05, 3.63) is 46.0 Å². The highest BCUT2D eigenvalue weighted by Gasteiger charge is 2.19. The Morgan fingerprint density at radius 1 is 1.44 bits per heavy atom. The number of allylic oxidation sites excluding steroid dienone is 1. The lowest BCUT2D eigenvalue weighted by Crippen LogP contribution is -2.15. The third-order valence-electron chi connectivity index (χ3n) is 3.00. The smallest absolute Gasteiger partial charge is 0.0732 e. The highest BCUT2D eigenvalue weighted by atomic mass is 79.9. The van der Waals surface area contributed by atoms with Crippen molar-refractivity contribution in [1.82, 2.24) is 5.32 Å². The lowest BCUT2D eigenvalue weighted by atomic mass is 10.1. The van der Waals surface area contributed by atoms with Crippen LogP contribution >= 0.6 is 15.9 Å². The predicted octanol–water partition coefficient (Wildman–Crippen LogP) is 3.79. The number of rotatable bonds is 7. The van der Waals surface area contributed by atoms with Crippen molar-refractivity contribution in [1.29, 1.82) is 0 Å². The van der Waals surface area contributed by atoms with Gasteiger partial charge >= 0.3 is 0 Å². The second-order valence-corrected chi connectivity index (χ2v) is 5.52. The Kier molecular flexibility index (Phi) is 5.42. The molecule has 0 unspecified atom stereocenters. The summed E-state index contributed by atoms with van der Waals surface area (Å²) in [5.74, 6) is 0. The minimum absolute atomic E-state index is 0.654. The Labute approximate surface area is 118 Å². The van der Waals surface area contributed by atoms with Crippen LogP contribution in [0.2, 0.25) is 0 Å². The fourth-order valence-electron chi connectivity index (χ4n) is 1.70. The molecule has 1 N–H and O–H groups in total. The first-order valence-electron chi connectivity index (χ1n) is 6.49. The number of halogens is 1. The lowest BCUT2D eigenvalue weighted by Gasteiger charge is -2.08. The average molecular weight is 310 g/mol. The highest BCUT2D eigenvalue weighted by Crippen LogP contribution is 2.22. The quantitative estimate of drug-likeness (QED) is 0.611. The maximum Gasteiger partial charge on any atom is 0.0732 e. The van der Waals surface area contributed by atoms with Crippen LogP contribution in [0.1, 0.15) is 30.9 Å². The third kappa shape index (κ3) is 4.56. The Balaban J connectivity index is 1.83. The Morgan fingerprint density at radius 2 is 2.28 bits per heavy atom. The lowest BCUT2D eigenvalue weighted by molar-refractivity contribution is 0.148. The summed E-state index contributed by atoms with van der Waals surface area (Å²) in [6.07, 6.45) is 6.68. The molecule has 18 heavy (non-hydrogen) atoms. The van der Waals surface area contributed by atoms with Gasteiger partial charge in [-0.3, -0.25) is 0 Å². The van der Waals surface area contributed by atoms with Gasteiger partial charge in [-0.25, -0.2) is 0 Å². The van der Waals surface area contributed by atoms with Crippen molar-refractivity contribution >= 4 is 15.9 Å². The molecule has 1 aliphatic rings. The molecule has 3 heteroatoms. The summed E-state index contributed by atoms with van der Waals surface area (Å²) < 4.78 is 6.69. The first-order chi connectivity index (χ1) is 8.79. The van der Waals surface area contributed by atoms with E-state index in [4.69, 9.17) is 4.74 Å². The summed E-state index contributed by atoms with van der Waals surface area (Å²) >= 11 is 3.61. The fraction of sp³-hybridized carbons (Fsp3) is 0.467. The summed E-state index contributed by atoms with van der Waals surface area (Å²) in [6, 6.07) is 7.26. The minimum Gasteiger partial charge on any atom is -0.373 e. The van der Waals surface area contributed by atoms with Gasteiger partial charge in [-0.15, -0.1) is 0 Å². The number of hydrogen-bond donors (Lipinski definition) is 1. The monoisotopic (exact) mass is 309 g/mol. The van der Waals surface area contributed by atoms with E-state index in [1.165, 1.54) is 24.0 Å². The molecule has 0 aliphatic heterocycles. The first-order valence-corrected chi connectivity index (χ1v) is 7.28. The standard InChI is InChI=1S/C15H20BrNO/c1-2-3-8-18-11-13-5-4-12(9-15(13)16)10-17-14-6-7-14/h2-5,9,14,17H,6-8,10-11H2,1H3/b3-2+. The van der Waals surface area contributed by atoms with Gasteiger partial charge in [-0.1, -0.05) is 40.2 Å². The van der Waals surface area contributed by atoms with Gasteiger partial charge in [-0.05, 0) is 37.0 Å². The maximum atomic E-state index is 5.56. The topological polar surface area (TPSA) is 21.3 Å². The van der Waals surface area contributed by atoms with E-state index in [1.807, 2.05) is 19.1 Å². The summed E-state index contributed by atoms with van der Waals surface area (Å²) in [4.78, 5) is 0. The largest absolute Gasteiger partial charge is 0.373 e. The van der Waals surface area contributed by atoms with Crippen LogP contribution in [0, 0.1) is 0 Å². The summed E-state index contributed by atoms with van der Waals surface area (Å²) in [5.41, 5.74) is 2.53. The van der Waals surface area contributed by atoms with Crippen LogP contribution in [0.15, 0.2) is 34.8 Å². The van der Waals surface area contributed by atoms with Gasteiger partial charge in [-0.2, -0.15) is 0 Å². The second kappa shape index (κ2) is 7.07. The van der Waals surface area contributed by atoms with Crippen LogP contribution in [-0.2, 0) is 17.9 Å². The van der Waals surface area contributed by atoms with Crippen LogP contribution in [0.25, 0.3) is 0 Å². The molecule has 1 aliphatic carbocycles. The Hall–Kier alpha value is -0.640. The number of hydrogen-bond acceptors (Lipinski definition) is 2. The van der Waals surface area contributed by atoms with Gasteiger partial charge < -0.3 is 10.1 Å². The molecule has 98 valence electrons. The average Bonchev–Trinajstić information content (AvgIpc) is 3.18. The molecule has 2 rings (SSSR count). The summed E-state index contributed by atoms with van der Waals surface area (Å²) in [7, 11) is 0. The van der Waals surface area contributed by atoms with Crippen molar-refractivity contribution in [2.45, 2.75) is 39.0 Å². The van der Waals surface area contributed by atoms with E-state index in [1.54, 1.807) is 0 Å². The van der Waals surface area contributed by atoms with Gasteiger partial charge in [0.2, 0.25) is 0 Å². The molecule has 0 amide bonds. The molecule has 1 aromatic rings. The molecule has 0 bridgehead atoms. The van der Waals surface area contributed by atoms with Gasteiger partial charge in [0.15, 0.2) is 0 Å². The molecule has 1 aromatic carbocycles. The van der Waals surface area contributed by atoms with E-state index in [0.717, 1.165) is 17.1 Å². The molecule has 0 heterocycles. The Morgan fingerprint density at radius 3 is 2.94 bits per heavy atom. The predicted molar refractivity (Wildman–Crippen MR) is 78.5 cm³/mol. The fourth-order valence-corrected chi connectivity index (χ4v) is 2.24. The van der Waals surface area contributed by atoms with Gasteiger partial charge in [0.1, 0.15) is 0 Å². The van der Waals surface area contributed by atoms with Crippen molar-refractivity contribution in [2.24, 2.45) is 0 Å². The molecule has 0 atom stereocenters. The zero-order valence-corrected chi connectivity index (χ0v) is 12.4. The van der Waals surface area contributed by atoms with Crippen molar-refractivity contribution < 1.29 is 4.74 Å². The van der Waals surface area contributed by atoms with E-state index in [-0.39, 0.29) is 0 Å². The molecular weight excluding hydrogens is 290 g/mol. The summed E-state index contributed by atoms with van der Waals surface area (Å²) in [6.45, 7) is 4.29. The normalized spacial score (nSPS) is 15.4. The van der Waals surface area contributed by atoms with E-state index in [9.17, 15) is 0 Å². The number of benzene rings is 1. The number of nitrogens with one attached hydrogen (secondary N) is 1. The summed E-state index contributed by atoms with van der Waals surface area (Å²) in [5, 5.41) is 3.52. The van der Waals surface area contributed by atoms with Gasteiger partial charge in [0.25, 0.3) is 0 Å². The number of ether oxygens (including phenoxy) is 1. The molecule has 2 nitrogen and oxygen atoms in total.